The lowest BCUT2D eigenvalue weighted by molar-refractivity contribution is 0.0787. The fraction of sp³-hybridized carbons (Fsp3) is 0.227. The number of aromatic nitrogens is 2. The molecule has 0 atom stereocenters. The van der Waals surface area contributed by atoms with Gasteiger partial charge in [0.2, 0.25) is 0 Å². The Morgan fingerprint density at radius 2 is 1.86 bits per heavy atom. The van der Waals surface area contributed by atoms with E-state index < -0.39 is 0 Å². The number of pyridine rings is 1. The third kappa shape index (κ3) is 3.70. The standard InChI is InChI=1S/C22H20BrN3O3/c1-12-9-17(14(3)28-12)19-10-18(20-13(2)25-29-21(20)24-19)22(27)26(4)11-15-5-7-16(23)8-6-15/h5-10H,11H2,1-4H3. The van der Waals surface area contributed by atoms with Crippen molar-refractivity contribution in [1.82, 2.24) is 15.0 Å². The van der Waals surface area contributed by atoms with Gasteiger partial charge in [-0.3, -0.25) is 4.79 Å². The van der Waals surface area contributed by atoms with Crippen LogP contribution in [0.2, 0.25) is 0 Å². The molecule has 3 aromatic heterocycles. The summed E-state index contributed by atoms with van der Waals surface area (Å²) in [6, 6.07) is 11.6. The maximum atomic E-state index is 13.3. The van der Waals surface area contributed by atoms with Gasteiger partial charge in [-0.05, 0) is 50.6 Å². The van der Waals surface area contributed by atoms with Gasteiger partial charge in [-0.1, -0.05) is 33.2 Å². The van der Waals surface area contributed by atoms with Crippen LogP contribution < -0.4 is 0 Å². The second-order valence-electron chi connectivity index (χ2n) is 7.12. The third-order valence-corrected chi connectivity index (χ3v) is 5.37. The molecule has 1 aromatic carbocycles. The van der Waals surface area contributed by atoms with Gasteiger partial charge < -0.3 is 13.8 Å². The summed E-state index contributed by atoms with van der Waals surface area (Å²) in [6.45, 7) is 6.05. The predicted octanol–water partition coefficient (Wildman–Crippen LogP) is 5.44. The number of carbonyl (C=O) groups is 1. The molecule has 0 unspecified atom stereocenters. The fourth-order valence-corrected chi connectivity index (χ4v) is 3.69. The highest BCUT2D eigenvalue weighted by molar-refractivity contribution is 9.10. The van der Waals surface area contributed by atoms with Crippen LogP contribution in [0.3, 0.4) is 0 Å². The number of hydrogen-bond donors (Lipinski definition) is 0. The zero-order chi connectivity index (χ0) is 20.7. The molecular weight excluding hydrogens is 434 g/mol. The molecule has 0 aliphatic heterocycles. The minimum absolute atomic E-state index is 0.120. The number of amides is 1. The number of halogens is 1. The Morgan fingerprint density at radius 3 is 2.52 bits per heavy atom. The Hall–Kier alpha value is -2.93. The Kier molecular flexibility index (Phi) is 5.00. The van der Waals surface area contributed by atoms with E-state index >= 15 is 0 Å². The summed E-state index contributed by atoms with van der Waals surface area (Å²) in [7, 11) is 1.78. The highest BCUT2D eigenvalue weighted by atomic mass is 79.9. The van der Waals surface area contributed by atoms with Crippen LogP contribution in [0, 0.1) is 20.8 Å². The largest absolute Gasteiger partial charge is 0.466 e. The lowest BCUT2D eigenvalue weighted by Gasteiger charge is -2.18. The van der Waals surface area contributed by atoms with Crippen LogP contribution in [-0.4, -0.2) is 28.0 Å². The van der Waals surface area contributed by atoms with E-state index in [1.165, 1.54) is 0 Å². The van der Waals surface area contributed by atoms with Crippen LogP contribution in [0.25, 0.3) is 22.4 Å². The zero-order valence-electron chi connectivity index (χ0n) is 16.6. The van der Waals surface area contributed by atoms with E-state index in [2.05, 4.69) is 26.1 Å². The van der Waals surface area contributed by atoms with Crippen LogP contribution in [0.5, 0.6) is 0 Å². The molecule has 0 N–H and O–H groups in total. The monoisotopic (exact) mass is 453 g/mol. The van der Waals surface area contributed by atoms with Gasteiger partial charge in [0.05, 0.1) is 22.3 Å². The van der Waals surface area contributed by atoms with Gasteiger partial charge in [0.15, 0.2) is 0 Å². The van der Waals surface area contributed by atoms with Crippen molar-refractivity contribution in [2.45, 2.75) is 27.3 Å². The molecule has 0 saturated heterocycles. The predicted molar refractivity (Wildman–Crippen MR) is 114 cm³/mol. The normalized spacial score (nSPS) is 11.2. The zero-order valence-corrected chi connectivity index (χ0v) is 18.2. The van der Waals surface area contributed by atoms with E-state index in [-0.39, 0.29) is 5.91 Å². The van der Waals surface area contributed by atoms with Gasteiger partial charge >= 0.3 is 0 Å². The molecular formula is C22H20BrN3O3. The fourth-order valence-electron chi connectivity index (χ4n) is 3.43. The van der Waals surface area contributed by atoms with Crippen LogP contribution in [0.4, 0.5) is 0 Å². The van der Waals surface area contributed by atoms with Crippen LogP contribution in [-0.2, 0) is 6.54 Å². The first kappa shape index (κ1) is 19.4. The van der Waals surface area contributed by atoms with E-state index in [4.69, 9.17) is 8.94 Å². The van der Waals surface area contributed by atoms with E-state index in [9.17, 15) is 4.79 Å². The number of aryl methyl sites for hydroxylation is 3. The van der Waals surface area contributed by atoms with Gasteiger partial charge in [0.25, 0.3) is 11.6 Å². The molecule has 0 aliphatic carbocycles. The summed E-state index contributed by atoms with van der Waals surface area (Å²) >= 11 is 3.43. The molecule has 3 heterocycles. The van der Waals surface area contributed by atoms with Gasteiger partial charge in [0, 0.05) is 23.6 Å². The van der Waals surface area contributed by atoms with E-state index in [0.717, 1.165) is 27.1 Å². The van der Waals surface area contributed by atoms with Crippen molar-refractivity contribution in [2.75, 3.05) is 7.05 Å². The minimum atomic E-state index is -0.120. The average molecular weight is 454 g/mol. The van der Waals surface area contributed by atoms with Crippen molar-refractivity contribution in [3.05, 3.63) is 69.2 Å². The maximum absolute atomic E-state index is 13.3. The summed E-state index contributed by atoms with van der Waals surface area (Å²) in [4.78, 5) is 19.6. The third-order valence-electron chi connectivity index (χ3n) is 4.84. The van der Waals surface area contributed by atoms with Crippen LogP contribution >= 0.6 is 15.9 Å². The molecule has 4 rings (SSSR count). The quantitative estimate of drug-likeness (QED) is 0.411. The maximum Gasteiger partial charge on any atom is 0.259 e. The molecule has 7 heteroatoms. The molecule has 148 valence electrons. The molecule has 1 amide bonds. The smallest absolute Gasteiger partial charge is 0.259 e. The lowest BCUT2D eigenvalue weighted by atomic mass is 10.0. The van der Waals surface area contributed by atoms with Crippen molar-refractivity contribution in [3.63, 3.8) is 0 Å². The SMILES string of the molecule is Cc1cc(-c2cc(C(=O)N(C)Cc3ccc(Br)cc3)c3c(C)noc3n2)c(C)o1. The molecule has 0 fully saturated rings. The van der Waals surface area contributed by atoms with E-state index in [1.54, 1.807) is 18.0 Å². The summed E-state index contributed by atoms with van der Waals surface area (Å²) < 4.78 is 12.0. The lowest BCUT2D eigenvalue weighted by Crippen LogP contribution is -2.26. The summed E-state index contributed by atoms with van der Waals surface area (Å²) in [5.41, 5.74) is 4.00. The van der Waals surface area contributed by atoms with Gasteiger partial charge in [-0.2, -0.15) is 0 Å². The average Bonchev–Trinajstić information content (AvgIpc) is 3.23. The molecule has 4 aromatic rings. The van der Waals surface area contributed by atoms with Crippen molar-refractivity contribution >= 4 is 32.9 Å². The molecule has 29 heavy (non-hydrogen) atoms. The number of fused-ring (bicyclic) bond motifs is 1. The number of nitrogens with zero attached hydrogens (tertiary/aromatic N) is 3. The van der Waals surface area contributed by atoms with Crippen molar-refractivity contribution < 1.29 is 13.7 Å². The van der Waals surface area contributed by atoms with Gasteiger partial charge in [-0.25, -0.2) is 4.98 Å². The van der Waals surface area contributed by atoms with Crippen molar-refractivity contribution in [3.8, 4) is 11.3 Å². The second-order valence-corrected chi connectivity index (χ2v) is 8.03. The minimum Gasteiger partial charge on any atom is -0.466 e. The molecule has 0 saturated carbocycles. The van der Waals surface area contributed by atoms with Crippen molar-refractivity contribution in [1.29, 1.82) is 0 Å². The summed E-state index contributed by atoms with van der Waals surface area (Å²) in [6.07, 6.45) is 0. The Morgan fingerprint density at radius 1 is 1.14 bits per heavy atom. The van der Waals surface area contributed by atoms with Gasteiger partial charge in [0.1, 0.15) is 11.5 Å². The van der Waals surface area contributed by atoms with Crippen LogP contribution in [0.15, 0.2) is 49.8 Å². The molecule has 0 spiro atoms. The Balaban J connectivity index is 1.76. The highest BCUT2D eigenvalue weighted by Gasteiger charge is 2.23. The molecule has 0 radical (unpaired) electrons. The molecule has 0 bridgehead atoms. The number of hydrogen-bond acceptors (Lipinski definition) is 5. The summed E-state index contributed by atoms with van der Waals surface area (Å²) in [5, 5.41) is 4.66. The topological polar surface area (TPSA) is 72.4 Å². The van der Waals surface area contributed by atoms with Crippen LogP contribution in [0.1, 0.15) is 33.1 Å². The second kappa shape index (κ2) is 7.48. The van der Waals surface area contributed by atoms with Gasteiger partial charge in [-0.15, -0.1) is 0 Å². The number of carbonyl (C=O) groups excluding carboxylic acids is 1. The first-order valence-electron chi connectivity index (χ1n) is 9.18. The van der Waals surface area contributed by atoms with Crippen molar-refractivity contribution in [2.24, 2.45) is 0 Å². The number of furan rings is 1. The Labute approximate surface area is 176 Å². The number of benzene rings is 1. The van der Waals surface area contributed by atoms with E-state index in [1.807, 2.05) is 51.1 Å². The Bertz CT molecular complexity index is 1210. The first-order chi connectivity index (χ1) is 13.8. The first-order valence-corrected chi connectivity index (χ1v) is 9.97. The number of rotatable bonds is 4. The highest BCUT2D eigenvalue weighted by Crippen LogP contribution is 2.31. The van der Waals surface area contributed by atoms with E-state index in [0.29, 0.717) is 34.6 Å². The molecule has 0 aliphatic rings. The summed E-state index contributed by atoms with van der Waals surface area (Å²) in [5.74, 6) is 1.41. The molecule has 6 nitrogen and oxygen atoms in total.